The van der Waals surface area contributed by atoms with Gasteiger partial charge in [-0.2, -0.15) is 22.7 Å². The Balaban J connectivity index is 2.91. The van der Waals surface area contributed by atoms with E-state index in [9.17, 15) is 21.6 Å². The summed E-state index contributed by atoms with van der Waals surface area (Å²) in [5.41, 5.74) is 0. The van der Waals surface area contributed by atoms with Crippen molar-refractivity contribution in [2.75, 3.05) is 6.54 Å². The number of sulfonamides is 1. The van der Waals surface area contributed by atoms with Crippen LogP contribution in [0.4, 0.5) is 13.2 Å². The van der Waals surface area contributed by atoms with Crippen LogP contribution in [0.5, 0.6) is 0 Å². The first-order chi connectivity index (χ1) is 7.18. The first-order valence-electron chi connectivity index (χ1n) is 4.65. The minimum absolute atomic E-state index is 0.404. The first kappa shape index (κ1) is 13.3. The summed E-state index contributed by atoms with van der Waals surface area (Å²) in [7, 11) is -4.17. The molecule has 0 radical (unpaired) electrons. The van der Waals surface area contributed by atoms with Crippen LogP contribution in [0.1, 0.15) is 19.8 Å². The highest BCUT2D eigenvalue weighted by atomic mass is 32.2. The number of rotatable bonds is 4. The monoisotopic (exact) mass is 256 g/mol. The third-order valence-electron chi connectivity index (χ3n) is 2.24. The van der Waals surface area contributed by atoms with Crippen molar-refractivity contribution < 1.29 is 21.6 Å². The zero-order chi connectivity index (χ0) is 12.6. The number of hydrogen-bond acceptors (Lipinski definition) is 3. The summed E-state index contributed by atoms with van der Waals surface area (Å²) in [5.74, 6) is 0. The molecule has 1 fully saturated rings. The minimum Gasteiger partial charge on any atom is -0.211 e. The molecule has 16 heavy (non-hydrogen) atoms. The van der Waals surface area contributed by atoms with Gasteiger partial charge in [0.2, 0.25) is 10.0 Å². The Hall–Kier alpha value is -0.810. The van der Waals surface area contributed by atoms with Crippen LogP contribution in [0, 0.1) is 11.3 Å². The van der Waals surface area contributed by atoms with E-state index in [1.807, 2.05) is 0 Å². The molecule has 1 unspecified atom stereocenters. The third-order valence-corrected chi connectivity index (χ3v) is 4.32. The van der Waals surface area contributed by atoms with Gasteiger partial charge < -0.3 is 0 Å². The summed E-state index contributed by atoms with van der Waals surface area (Å²) in [4.78, 5) is 0. The maximum absolute atomic E-state index is 12.2. The Morgan fingerprint density at radius 3 is 2.31 bits per heavy atom. The maximum atomic E-state index is 12.2. The van der Waals surface area contributed by atoms with Gasteiger partial charge >= 0.3 is 6.18 Å². The summed E-state index contributed by atoms with van der Waals surface area (Å²) in [5, 5.41) is 7.03. The molecule has 0 aromatic carbocycles. The fourth-order valence-corrected chi connectivity index (χ4v) is 2.73. The van der Waals surface area contributed by atoms with E-state index in [-0.39, 0.29) is 0 Å². The van der Waals surface area contributed by atoms with Gasteiger partial charge in [0.15, 0.2) is 5.25 Å². The molecule has 0 bridgehead atoms. The van der Waals surface area contributed by atoms with Gasteiger partial charge in [0, 0.05) is 6.04 Å². The van der Waals surface area contributed by atoms with E-state index >= 15 is 0 Å². The second kappa shape index (κ2) is 4.22. The number of alkyl halides is 3. The largest absolute Gasteiger partial charge is 0.402 e. The Labute approximate surface area is 91.7 Å². The highest BCUT2D eigenvalue weighted by Crippen LogP contribution is 2.33. The molecule has 0 aromatic rings. The topological polar surface area (TPSA) is 61.2 Å². The van der Waals surface area contributed by atoms with E-state index in [2.05, 4.69) is 0 Å². The molecule has 8 heteroatoms. The molecule has 0 N–H and O–H groups in total. The molecular weight excluding hydrogens is 245 g/mol. The molecule has 0 aromatic heterocycles. The van der Waals surface area contributed by atoms with Crippen LogP contribution in [0.2, 0.25) is 0 Å². The van der Waals surface area contributed by atoms with Crippen molar-refractivity contribution >= 4 is 10.0 Å². The number of nitrogens with zero attached hydrogens (tertiary/aromatic N) is 2. The van der Waals surface area contributed by atoms with Crippen molar-refractivity contribution in [3.8, 4) is 6.07 Å². The van der Waals surface area contributed by atoms with Crippen molar-refractivity contribution in [3.05, 3.63) is 0 Å². The predicted octanol–water partition coefficient (Wildman–Crippen LogP) is 1.25. The second-order valence-corrected chi connectivity index (χ2v) is 5.91. The highest BCUT2D eigenvalue weighted by molar-refractivity contribution is 7.90. The quantitative estimate of drug-likeness (QED) is 0.760. The van der Waals surface area contributed by atoms with E-state index in [0.29, 0.717) is 17.1 Å². The minimum atomic E-state index is -4.58. The summed E-state index contributed by atoms with van der Waals surface area (Å²) in [6, 6.07) is 0.862. The number of hydrogen-bond donors (Lipinski definition) is 0. The van der Waals surface area contributed by atoms with E-state index < -0.39 is 34.0 Å². The second-order valence-electron chi connectivity index (χ2n) is 3.71. The van der Waals surface area contributed by atoms with Gasteiger partial charge in [0.05, 0.1) is 6.07 Å². The molecule has 1 saturated carbocycles. The van der Waals surface area contributed by atoms with E-state index in [0.717, 1.165) is 6.92 Å². The van der Waals surface area contributed by atoms with Gasteiger partial charge in [0.1, 0.15) is 6.54 Å². The van der Waals surface area contributed by atoms with Crippen LogP contribution >= 0.6 is 0 Å². The van der Waals surface area contributed by atoms with Crippen LogP contribution < -0.4 is 0 Å². The Morgan fingerprint density at radius 2 is 2.00 bits per heavy atom. The van der Waals surface area contributed by atoms with Crippen LogP contribution in [0.3, 0.4) is 0 Å². The lowest BCUT2D eigenvalue weighted by atomic mass is 10.5. The lowest BCUT2D eigenvalue weighted by molar-refractivity contribution is -0.137. The zero-order valence-electron chi connectivity index (χ0n) is 8.53. The molecule has 92 valence electrons. The van der Waals surface area contributed by atoms with E-state index in [4.69, 9.17) is 5.26 Å². The molecule has 4 nitrogen and oxygen atoms in total. The molecule has 1 atom stereocenters. The van der Waals surface area contributed by atoms with Crippen LogP contribution in [-0.2, 0) is 10.0 Å². The zero-order valence-corrected chi connectivity index (χ0v) is 9.35. The van der Waals surface area contributed by atoms with Crippen molar-refractivity contribution in [1.29, 1.82) is 5.26 Å². The normalized spacial score (nSPS) is 19.5. The average molecular weight is 256 g/mol. The van der Waals surface area contributed by atoms with Gasteiger partial charge in [-0.1, -0.05) is 0 Å². The summed E-state index contributed by atoms with van der Waals surface area (Å²) >= 11 is 0. The smallest absolute Gasteiger partial charge is 0.211 e. The van der Waals surface area contributed by atoms with Gasteiger partial charge in [0.25, 0.3) is 0 Å². The lowest BCUT2D eigenvalue weighted by Crippen LogP contribution is -2.44. The fraction of sp³-hybridized carbons (Fsp3) is 0.875. The molecule has 0 saturated heterocycles. The molecule has 1 aliphatic rings. The molecule has 0 heterocycles. The number of halogens is 3. The van der Waals surface area contributed by atoms with Gasteiger partial charge in [-0.15, -0.1) is 0 Å². The number of nitriles is 1. The molecule has 0 spiro atoms. The van der Waals surface area contributed by atoms with Gasteiger partial charge in [-0.25, -0.2) is 8.42 Å². The van der Waals surface area contributed by atoms with E-state index in [1.165, 1.54) is 6.07 Å². The maximum Gasteiger partial charge on any atom is 0.402 e. The molecule has 1 aliphatic carbocycles. The van der Waals surface area contributed by atoms with Crippen LogP contribution in [0.15, 0.2) is 0 Å². The predicted molar refractivity (Wildman–Crippen MR) is 49.8 cm³/mol. The summed E-state index contributed by atoms with van der Waals surface area (Å²) in [6.07, 6.45) is -3.73. The molecule has 0 aliphatic heterocycles. The first-order valence-corrected chi connectivity index (χ1v) is 6.16. The standard InChI is InChI=1S/C8H11F3N2O2S/c1-6(4-12)16(14,15)13(7-2-3-7)5-8(9,10)11/h6-7H,2-3,5H2,1H3. The highest BCUT2D eigenvalue weighted by Gasteiger charge is 2.45. The van der Waals surface area contributed by atoms with Crippen molar-refractivity contribution in [1.82, 2.24) is 4.31 Å². The van der Waals surface area contributed by atoms with Crippen molar-refractivity contribution in [2.24, 2.45) is 0 Å². The fourth-order valence-electron chi connectivity index (χ4n) is 1.24. The van der Waals surface area contributed by atoms with Crippen LogP contribution in [0.25, 0.3) is 0 Å². The molecular formula is C8H11F3N2O2S. The SMILES string of the molecule is CC(C#N)S(=O)(=O)N(CC(F)(F)F)C1CC1. The summed E-state index contributed by atoms with van der Waals surface area (Å²) in [6.45, 7) is -0.424. The van der Waals surface area contributed by atoms with E-state index in [1.54, 1.807) is 0 Å². The van der Waals surface area contributed by atoms with Gasteiger partial charge in [-0.3, -0.25) is 0 Å². The Bertz CT molecular complexity index is 394. The van der Waals surface area contributed by atoms with Crippen molar-refractivity contribution in [2.45, 2.75) is 37.2 Å². The summed E-state index contributed by atoms with van der Waals surface area (Å²) < 4.78 is 60.3. The third kappa shape index (κ3) is 3.09. The van der Waals surface area contributed by atoms with Crippen LogP contribution in [-0.4, -0.2) is 36.7 Å². The Morgan fingerprint density at radius 1 is 1.50 bits per heavy atom. The lowest BCUT2D eigenvalue weighted by Gasteiger charge is -2.23. The molecule has 1 rings (SSSR count). The van der Waals surface area contributed by atoms with Crippen molar-refractivity contribution in [3.63, 3.8) is 0 Å². The Kier molecular flexibility index (Phi) is 3.50. The van der Waals surface area contributed by atoms with Gasteiger partial charge in [-0.05, 0) is 19.8 Å². The average Bonchev–Trinajstić information content (AvgIpc) is 2.94. The molecule has 0 amide bonds.